The fourth-order valence-corrected chi connectivity index (χ4v) is 5.13. The molecule has 2 N–H and O–H groups in total. The average molecular weight is 594 g/mol. The molecule has 4 rings (SSSR count). The quantitative estimate of drug-likeness (QED) is 0.0556. The summed E-state index contributed by atoms with van der Waals surface area (Å²) in [5.74, 6) is -0.150. The summed E-state index contributed by atoms with van der Waals surface area (Å²) < 4.78 is 34.9. The summed E-state index contributed by atoms with van der Waals surface area (Å²) in [4.78, 5) is 36.1. The van der Waals surface area contributed by atoms with E-state index in [0.717, 1.165) is 11.3 Å². The van der Waals surface area contributed by atoms with Gasteiger partial charge in [0.05, 0.1) is 35.4 Å². The zero-order chi connectivity index (χ0) is 29.1. The van der Waals surface area contributed by atoms with Crippen molar-refractivity contribution in [3.63, 3.8) is 0 Å². The van der Waals surface area contributed by atoms with Crippen LogP contribution in [0.25, 0.3) is 11.2 Å². The third-order valence-electron chi connectivity index (χ3n) is 6.17. The number of nitro benzene ring substituents is 1. The summed E-state index contributed by atoms with van der Waals surface area (Å²) in [5, 5.41) is 11.5. The van der Waals surface area contributed by atoms with Gasteiger partial charge in [0.2, 0.25) is 12.7 Å². The number of hydrogen-bond acceptors (Lipinski definition) is 13. The molecular weight excluding hydrogens is 563 g/mol. The van der Waals surface area contributed by atoms with E-state index in [9.17, 15) is 19.5 Å². The Balaban J connectivity index is 1.33. The molecule has 1 fully saturated rings. The van der Waals surface area contributed by atoms with Crippen LogP contribution in [0.3, 0.4) is 0 Å². The minimum Gasteiger partial charge on any atom is -0.433 e. The molecule has 1 aromatic carbocycles. The van der Waals surface area contributed by atoms with Crippen molar-refractivity contribution in [2.24, 2.45) is 11.3 Å². The van der Waals surface area contributed by atoms with Gasteiger partial charge in [0.1, 0.15) is 17.1 Å². The van der Waals surface area contributed by atoms with Gasteiger partial charge in [-0.15, -0.1) is 4.52 Å². The van der Waals surface area contributed by atoms with E-state index in [0.29, 0.717) is 22.7 Å². The molecule has 0 radical (unpaired) electrons. The van der Waals surface area contributed by atoms with Gasteiger partial charge in [-0.05, 0) is 45.2 Å². The van der Waals surface area contributed by atoms with E-state index < -0.39 is 37.0 Å². The zero-order valence-corrected chi connectivity index (χ0v) is 24.1. The number of nitrogen functional groups attached to an aromatic ring is 1. The first-order valence-corrected chi connectivity index (χ1v) is 14.2. The summed E-state index contributed by atoms with van der Waals surface area (Å²) in [6.45, 7) is 7.34. The van der Waals surface area contributed by atoms with Crippen LogP contribution >= 0.6 is 20.0 Å². The van der Waals surface area contributed by atoms with Gasteiger partial charge in [0.15, 0.2) is 5.65 Å². The van der Waals surface area contributed by atoms with Crippen LogP contribution in [0.4, 0.5) is 11.6 Å². The molecule has 3 aromatic rings. The molecule has 16 heteroatoms. The monoisotopic (exact) mass is 593 g/mol. The number of fused-ring (bicyclic) bond motifs is 1. The number of ether oxygens (including phenoxy) is 2. The normalized spacial score (nSPS) is 19.0. The second kappa shape index (κ2) is 12.1. The molecule has 3 atom stereocenters. The van der Waals surface area contributed by atoms with Crippen LogP contribution in [-0.4, -0.2) is 56.0 Å². The molecule has 214 valence electrons. The number of non-ortho nitro benzene ring substituents is 1. The SMILES string of the molecule is CC1CC1(Cn1cnc2c(Sc3ccc([N+](=O)[O-])cc3)nc(N)nc21)OCCO[P+](=O)OCOC(=O)C(C)(C)C. The topological polar surface area (TPSA) is 184 Å². The molecule has 1 aliphatic carbocycles. The Bertz CT molecular complexity index is 1410. The highest BCUT2D eigenvalue weighted by Gasteiger charge is 2.53. The lowest BCUT2D eigenvalue weighted by atomic mass is 9.98. The van der Waals surface area contributed by atoms with Crippen molar-refractivity contribution in [1.82, 2.24) is 19.5 Å². The highest BCUT2D eigenvalue weighted by molar-refractivity contribution is 7.99. The highest BCUT2D eigenvalue weighted by atomic mass is 32.2. The summed E-state index contributed by atoms with van der Waals surface area (Å²) in [5.41, 5.74) is 5.90. The Morgan fingerprint density at radius 2 is 1.95 bits per heavy atom. The first-order valence-electron chi connectivity index (χ1n) is 12.3. The molecule has 0 aliphatic heterocycles. The van der Waals surface area contributed by atoms with Crippen LogP contribution in [0.15, 0.2) is 40.5 Å². The fraction of sp³-hybridized carbons (Fsp3) is 0.500. The summed E-state index contributed by atoms with van der Waals surface area (Å²) >= 11 is 1.28. The lowest BCUT2D eigenvalue weighted by Gasteiger charge is -2.18. The van der Waals surface area contributed by atoms with Gasteiger partial charge in [0, 0.05) is 21.6 Å². The van der Waals surface area contributed by atoms with E-state index in [4.69, 9.17) is 24.3 Å². The summed E-state index contributed by atoms with van der Waals surface area (Å²) in [6.07, 6.45) is 2.44. The standard InChI is InChI=1S/C24H30N6O8PS/c1-15-11-24(15,36-9-10-37-39(34)38-14-35-21(31)23(2,3)4)12-29-13-26-18-19(29)27-22(25)28-20(18)40-17-7-5-16(6-8-17)30(32)33/h5-8,13,15H,9-12,14H2,1-4H3,(H2,25,27,28)/q+1. The van der Waals surface area contributed by atoms with Gasteiger partial charge >= 0.3 is 14.2 Å². The molecule has 40 heavy (non-hydrogen) atoms. The smallest absolute Gasteiger partial charge is 0.433 e. The van der Waals surface area contributed by atoms with Crippen LogP contribution in [0.2, 0.25) is 0 Å². The number of nitrogens with zero attached hydrogens (tertiary/aromatic N) is 5. The Hall–Kier alpha value is -3.23. The molecule has 1 saturated carbocycles. The molecule has 1 aliphatic rings. The maximum absolute atomic E-state index is 11.9. The fourth-order valence-electron chi connectivity index (χ4n) is 3.82. The third kappa shape index (κ3) is 7.29. The number of rotatable bonds is 13. The molecule has 3 unspecified atom stereocenters. The predicted octanol–water partition coefficient (Wildman–Crippen LogP) is 4.50. The number of hydrogen-bond donors (Lipinski definition) is 1. The van der Waals surface area contributed by atoms with Crippen molar-refractivity contribution in [3.8, 4) is 0 Å². The number of esters is 1. The first kappa shape index (κ1) is 29.7. The van der Waals surface area contributed by atoms with E-state index >= 15 is 0 Å². The van der Waals surface area contributed by atoms with Crippen LogP contribution in [0.5, 0.6) is 0 Å². The van der Waals surface area contributed by atoms with Crippen molar-refractivity contribution < 1.29 is 32.8 Å². The van der Waals surface area contributed by atoms with Crippen LogP contribution < -0.4 is 5.73 Å². The molecule has 0 saturated heterocycles. The Morgan fingerprint density at radius 1 is 1.25 bits per heavy atom. The number of carbonyl (C=O) groups excluding carboxylic acids is 1. The highest BCUT2D eigenvalue weighted by Crippen LogP contribution is 2.48. The lowest BCUT2D eigenvalue weighted by Crippen LogP contribution is -2.25. The number of aromatic nitrogens is 4. The van der Waals surface area contributed by atoms with Crippen LogP contribution in [0, 0.1) is 21.4 Å². The lowest BCUT2D eigenvalue weighted by molar-refractivity contribution is -0.384. The van der Waals surface area contributed by atoms with Crippen LogP contribution in [0.1, 0.15) is 34.1 Å². The van der Waals surface area contributed by atoms with Crippen molar-refractivity contribution in [1.29, 1.82) is 0 Å². The number of imidazole rings is 1. The zero-order valence-electron chi connectivity index (χ0n) is 22.4. The van der Waals surface area contributed by atoms with Gasteiger partial charge in [-0.3, -0.25) is 14.9 Å². The molecular formula is C24H30N6O8PS+. The largest absolute Gasteiger partial charge is 0.701 e. The number of anilines is 1. The maximum Gasteiger partial charge on any atom is 0.701 e. The van der Waals surface area contributed by atoms with E-state index in [1.807, 2.05) is 4.57 Å². The van der Waals surface area contributed by atoms with Crippen molar-refractivity contribution in [3.05, 3.63) is 40.7 Å². The Morgan fingerprint density at radius 3 is 2.58 bits per heavy atom. The number of nitrogens with two attached hydrogens (primary N) is 1. The Kier molecular flexibility index (Phi) is 9.00. The van der Waals surface area contributed by atoms with E-state index in [1.54, 1.807) is 39.2 Å². The van der Waals surface area contributed by atoms with E-state index in [2.05, 4.69) is 21.9 Å². The van der Waals surface area contributed by atoms with E-state index in [1.165, 1.54) is 23.9 Å². The summed E-state index contributed by atoms with van der Waals surface area (Å²) in [7, 11) is -2.47. The maximum atomic E-state index is 11.9. The molecule has 14 nitrogen and oxygen atoms in total. The van der Waals surface area contributed by atoms with Crippen LogP contribution in [-0.2, 0) is 34.4 Å². The molecule has 2 heterocycles. The molecule has 2 aromatic heterocycles. The first-order chi connectivity index (χ1) is 18.9. The minimum atomic E-state index is -2.47. The van der Waals surface area contributed by atoms with E-state index in [-0.39, 0.29) is 30.8 Å². The number of benzene rings is 1. The number of nitro groups is 1. The number of carbonyl (C=O) groups is 1. The van der Waals surface area contributed by atoms with Gasteiger partial charge in [-0.2, -0.15) is 4.98 Å². The predicted molar refractivity (Wildman–Crippen MR) is 144 cm³/mol. The van der Waals surface area contributed by atoms with Gasteiger partial charge in [-0.25, -0.2) is 9.97 Å². The average Bonchev–Trinajstić information content (AvgIpc) is 3.33. The minimum absolute atomic E-state index is 0.00350. The second-order valence-corrected chi connectivity index (χ2v) is 12.3. The van der Waals surface area contributed by atoms with Crippen molar-refractivity contribution in [2.45, 2.75) is 56.2 Å². The second-order valence-electron chi connectivity index (χ2n) is 10.3. The molecule has 0 spiro atoms. The molecule has 0 bridgehead atoms. The third-order valence-corrected chi connectivity index (χ3v) is 7.86. The van der Waals surface area contributed by atoms with Gasteiger partial charge in [0.25, 0.3) is 5.69 Å². The van der Waals surface area contributed by atoms with Crippen molar-refractivity contribution in [2.75, 3.05) is 25.7 Å². The summed E-state index contributed by atoms with van der Waals surface area (Å²) in [6, 6.07) is 6.12. The van der Waals surface area contributed by atoms with Gasteiger partial charge in [-0.1, -0.05) is 23.2 Å². The molecule has 0 amide bonds. The van der Waals surface area contributed by atoms with Crippen molar-refractivity contribution >= 4 is 48.8 Å². The van der Waals surface area contributed by atoms with Gasteiger partial charge < -0.3 is 19.8 Å². The Labute approximate surface area is 235 Å².